The van der Waals surface area contributed by atoms with Crippen LogP contribution in [0, 0.1) is 12.8 Å². The topological polar surface area (TPSA) is 62.3 Å². The van der Waals surface area contributed by atoms with Gasteiger partial charge in [0, 0.05) is 11.4 Å². The number of rotatable bonds is 2. The Kier molecular flexibility index (Phi) is 2.91. The molecule has 0 aromatic carbocycles. The van der Waals surface area contributed by atoms with Crippen molar-refractivity contribution in [3.05, 3.63) is 16.1 Å². The highest BCUT2D eigenvalue weighted by molar-refractivity contribution is 7.09. The van der Waals surface area contributed by atoms with E-state index in [0.717, 1.165) is 10.6 Å². The number of hydrogen-bond donors (Lipinski definition) is 1. The van der Waals surface area contributed by atoms with Crippen LogP contribution in [0.5, 0.6) is 0 Å². The summed E-state index contributed by atoms with van der Waals surface area (Å²) in [7, 11) is 0. The van der Waals surface area contributed by atoms with Gasteiger partial charge in [0.15, 0.2) is 0 Å². The van der Waals surface area contributed by atoms with Gasteiger partial charge >= 0.3 is 6.03 Å². The Balaban J connectivity index is 2.08. The van der Waals surface area contributed by atoms with Gasteiger partial charge in [-0.3, -0.25) is 10.1 Å². The molecule has 1 saturated heterocycles. The average molecular weight is 239 g/mol. The second kappa shape index (κ2) is 4.21. The lowest BCUT2D eigenvalue weighted by atomic mass is 10.1. The number of nitrogens with one attached hydrogen (secondary N) is 1. The molecule has 1 aliphatic heterocycles. The van der Waals surface area contributed by atoms with Gasteiger partial charge in [-0.2, -0.15) is 0 Å². The van der Waals surface area contributed by atoms with Gasteiger partial charge in [0.2, 0.25) is 5.91 Å². The van der Waals surface area contributed by atoms with E-state index < -0.39 is 0 Å². The Bertz CT molecular complexity index is 429. The van der Waals surface area contributed by atoms with Crippen LogP contribution in [-0.4, -0.2) is 28.4 Å². The molecule has 0 bridgehead atoms. The Morgan fingerprint density at radius 3 is 3.00 bits per heavy atom. The van der Waals surface area contributed by atoms with E-state index in [1.165, 1.54) is 11.3 Å². The molecular formula is C10H13N3O2S. The van der Waals surface area contributed by atoms with E-state index in [1.807, 2.05) is 13.8 Å². The molecule has 6 heteroatoms. The summed E-state index contributed by atoms with van der Waals surface area (Å²) in [5, 5.41) is 2.34. The fourth-order valence-electron chi connectivity index (χ4n) is 1.59. The molecular weight excluding hydrogens is 226 g/mol. The molecule has 2 rings (SSSR count). The van der Waals surface area contributed by atoms with Gasteiger partial charge in [-0.25, -0.2) is 9.78 Å². The van der Waals surface area contributed by atoms with Gasteiger partial charge in [0.25, 0.3) is 0 Å². The molecule has 2 heterocycles. The van der Waals surface area contributed by atoms with Crippen LogP contribution >= 0.6 is 11.3 Å². The van der Waals surface area contributed by atoms with E-state index in [2.05, 4.69) is 10.3 Å². The summed E-state index contributed by atoms with van der Waals surface area (Å²) in [6, 6.07) is -0.309. The first-order valence-electron chi connectivity index (χ1n) is 5.06. The molecule has 1 fully saturated rings. The van der Waals surface area contributed by atoms with Gasteiger partial charge in [-0.15, -0.1) is 11.3 Å². The van der Waals surface area contributed by atoms with Gasteiger partial charge < -0.3 is 4.90 Å². The molecule has 1 atom stereocenters. The molecule has 3 amide bonds. The van der Waals surface area contributed by atoms with Crippen LogP contribution in [0.25, 0.3) is 0 Å². The lowest BCUT2D eigenvalue weighted by Gasteiger charge is -2.29. The summed E-state index contributed by atoms with van der Waals surface area (Å²) in [5.41, 5.74) is 2.71. The summed E-state index contributed by atoms with van der Waals surface area (Å²) in [6.07, 6.45) is 0. The van der Waals surface area contributed by atoms with E-state index in [4.69, 9.17) is 0 Å². The number of amides is 3. The lowest BCUT2D eigenvalue weighted by Crippen LogP contribution is -2.53. The highest BCUT2D eigenvalue weighted by Gasteiger charge is 2.29. The smallest absolute Gasteiger partial charge is 0.318 e. The maximum Gasteiger partial charge on any atom is 0.324 e. The van der Waals surface area contributed by atoms with E-state index in [0.29, 0.717) is 13.1 Å². The maximum atomic E-state index is 11.6. The number of hydrogen-bond acceptors (Lipinski definition) is 4. The molecule has 5 nitrogen and oxygen atoms in total. The number of carbonyl (C=O) groups excluding carboxylic acids is 2. The third-order valence-electron chi connectivity index (χ3n) is 2.64. The molecule has 0 radical (unpaired) electrons. The molecule has 16 heavy (non-hydrogen) atoms. The number of aromatic nitrogens is 1. The quantitative estimate of drug-likeness (QED) is 0.841. The molecule has 1 unspecified atom stereocenters. The number of imide groups is 1. The summed E-state index contributed by atoms with van der Waals surface area (Å²) in [5.74, 6) is -0.340. The Labute approximate surface area is 97.5 Å². The van der Waals surface area contributed by atoms with E-state index in [1.54, 1.807) is 10.4 Å². The molecule has 1 aromatic heterocycles. The number of thiazole rings is 1. The highest BCUT2D eigenvalue weighted by atomic mass is 32.1. The van der Waals surface area contributed by atoms with Crippen molar-refractivity contribution in [2.24, 2.45) is 5.92 Å². The molecule has 0 aliphatic carbocycles. The SMILES string of the molecule is Cc1ncsc1CN1CC(C)C(=O)NC1=O. The predicted molar refractivity (Wildman–Crippen MR) is 60.0 cm³/mol. The van der Waals surface area contributed by atoms with Crippen molar-refractivity contribution in [3.63, 3.8) is 0 Å². The van der Waals surface area contributed by atoms with Gasteiger partial charge in [0.05, 0.1) is 23.7 Å². The van der Waals surface area contributed by atoms with Crippen molar-refractivity contribution in [2.45, 2.75) is 20.4 Å². The predicted octanol–water partition coefficient (Wildman–Crippen LogP) is 1.14. The van der Waals surface area contributed by atoms with Crippen LogP contribution < -0.4 is 5.32 Å². The largest absolute Gasteiger partial charge is 0.324 e. The summed E-state index contributed by atoms with van der Waals surface area (Å²) in [6.45, 7) is 4.73. The third-order valence-corrected chi connectivity index (χ3v) is 3.56. The monoisotopic (exact) mass is 239 g/mol. The number of urea groups is 1. The molecule has 0 saturated carbocycles. The molecule has 86 valence electrons. The standard InChI is InChI=1S/C10H13N3O2S/c1-6-3-13(10(15)12-9(6)14)4-8-7(2)11-5-16-8/h5-6H,3-4H2,1-2H3,(H,12,14,15). The van der Waals surface area contributed by atoms with Crippen LogP contribution in [0.2, 0.25) is 0 Å². The zero-order valence-electron chi connectivity index (χ0n) is 9.19. The molecule has 1 N–H and O–H groups in total. The van der Waals surface area contributed by atoms with Crippen molar-refractivity contribution >= 4 is 23.3 Å². The number of nitrogens with zero attached hydrogens (tertiary/aromatic N) is 2. The van der Waals surface area contributed by atoms with Crippen molar-refractivity contribution in [1.29, 1.82) is 0 Å². The minimum atomic E-state index is -0.309. The summed E-state index contributed by atoms with van der Waals surface area (Å²) in [4.78, 5) is 29.7. The fraction of sp³-hybridized carbons (Fsp3) is 0.500. The first-order valence-corrected chi connectivity index (χ1v) is 5.94. The van der Waals surface area contributed by atoms with Gasteiger partial charge in [-0.1, -0.05) is 6.92 Å². The maximum absolute atomic E-state index is 11.6. The van der Waals surface area contributed by atoms with E-state index in [-0.39, 0.29) is 17.9 Å². The van der Waals surface area contributed by atoms with Crippen molar-refractivity contribution in [2.75, 3.05) is 6.54 Å². The molecule has 0 spiro atoms. The zero-order chi connectivity index (χ0) is 11.7. The van der Waals surface area contributed by atoms with Crippen LogP contribution in [0.3, 0.4) is 0 Å². The highest BCUT2D eigenvalue weighted by Crippen LogP contribution is 2.17. The third kappa shape index (κ3) is 2.06. The van der Waals surface area contributed by atoms with E-state index >= 15 is 0 Å². The second-order valence-electron chi connectivity index (χ2n) is 3.94. The molecule has 1 aliphatic rings. The minimum Gasteiger partial charge on any atom is -0.318 e. The second-order valence-corrected chi connectivity index (χ2v) is 4.88. The number of carbonyl (C=O) groups is 2. The minimum absolute atomic E-state index is 0.147. The van der Waals surface area contributed by atoms with Crippen LogP contribution in [-0.2, 0) is 11.3 Å². The summed E-state index contributed by atoms with van der Waals surface area (Å²) >= 11 is 1.53. The average Bonchev–Trinajstić information content (AvgIpc) is 2.61. The molecule has 1 aromatic rings. The van der Waals surface area contributed by atoms with Crippen LogP contribution in [0.15, 0.2) is 5.51 Å². The Hall–Kier alpha value is -1.43. The fourth-order valence-corrected chi connectivity index (χ4v) is 2.38. The van der Waals surface area contributed by atoms with Crippen LogP contribution in [0.4, 0.5) is 4.79 Å². The van der Waals surface area contributed by atoms with E-state index in [9.17, 15) is 9.59 Å². The van der Waals surface area contributed by atoms with Gasteiger partial charge in [0.1, 0.15) is 0 Å². The normalized spacial score (nSPS) is 21.1. The van der Waals surface area contributed by atoms with Crippen molar-refractivity contribution in [3.8, 4) is 0 Å². The lowest BCUT2D eigenvalue weighted by molar-refractivity contribution is -0.125. The zero-order valence-corrected chi connectivity index (χ0v) is 10.0. The van der Waals surface area contributed by atoms with Gasteiger partial charge in [-0.05, 0) is 6.92 Å². The van der Waals surface area contributed by atoms with Crippen LogP contribution in [0.1, 0.15) is 17.5 Å². The summed E-state index contributed by atoms with van der Waals surface area (Å²) < 4.78 is 0. The number of aryl methyl sites for hydroxylation is 1. The first kappa shape index (κ1) is 11.1. The van der Waals surface area contributed by atoms with Crippen molar-refractivity contribution in [1.82, 2.24) is 15.2 Å². The van der Waals surface area contributed by atoms with Crippen molar-refractivity contribution < 1.29 is 9.59 Å². The first-order chi connectivity index (χ1) is 7.58. The Morgan fingerprint density at radius 2 is 2.38 bits per heavy atom. The Morgan fingerprint density at radius 1 is 1.62 bits per heavy atom.